The molecule has 0 aliphatic rings. The van der Waals surface area contributed by atoms with Crippen molar-refractivity contribution in [2.75, 3.05) is 0 Å². The zero-order chi connectivity index (χ0) is 31.0. The van der Waals surface area contributed by atoms with E-state index in [0.717, 1.165) is 45.3 Å². The molecule has 7 heteroatoms. The summed E-state index contributed by atoms with van der Waals surface area (Å²) in [6, 6.07) is 14.3. The minimum absolute atomic E-state index is 0. The Labute approximate surface area is 268 Å². The van der Waals surface area contributed by atoms with Crippen molar-refractivity contribution in [3.63, 3.8) is 0 Å². The molecule has 0 atom stereocenters. The van der Waals surface area contributed by atoms with Gasteiger partial charge in [0.1, 0.15) is 0 Å². The van der Waals surface area contributed by atoms with Crippen molar-refractivity contribution in [3.05, 3.63) is 99.8 Å². The summed E-state index contributed by atoms with van der Waals surface area (Å²) in [4.78, 5) is 14.5. The summed E-state index contributed by atoms with van der Waals surface area (Å²) in [5.41, 5.74) is 10.9. The van der Waals surface area contributed by atoms with Crippen molar-refractivity contribution in [1.82, 2.24) is 4.98 Å². The summed E-state index contributed by atoms with van der Waals surface area (Å²) in [6.45, 7) is 35.4. The van der Waals surface area contributed by atoms with Gasteiger partial charge in [0.2, 0.25) is 0 Å². The first-order chi connectivity index (χ1) is 18.2. The molecule has 3 nitrogen and oxygen atoms in total. The molecule has 0 radical (unpaired) electrons. The van der Waals surface area contributed by atoms with E-state index in [1.165, 1.54) is 16.7 Å². The summed E-state index contributed by atoms with van der Waals surface area (Å²) in [5.74, 6) is 0. The van der Waals surface area contributed by atoms with Crippen LogP contribution >= 0.6 is 11.6 Å². The first kappa shape index (κ1) is 39.2. The number of rotatable bonds is 4. The third-order valence-electron chi connectivity index (χ3n) is 5.08. The van der Waals surface area contributed by atoms with E-state index in [9.17, 15) is 0 Å². The first-order valence-corrected chi connectivity index (χ1v) is 21.6. The molecule has 224 valence electrons. The SMILES string of the molecule is CC(=Nc1c(C)cc(C)cc1C)c1cccc(C(C)=Nc2c(C)cc(C)cc2Cl)n1.[CH2-][Si](C)(C)C.[CH2-][Si](C)(C)C.[Fe+2]. The smallest absolute Gasteiger partial charge is 0.342 e. The van der Waals surface area contributed by atoms with Gasteiger partial charge < -0.3 is 13.1 Å². The van der Waals surface area contributed by atoms with Gasteiger partial charge in [0.25, 0.3) is 0 Å². The molecule has 0 unspecified atom stereocenters. The van der Waals surface area contributed by atoms with E-state index in [2.05, 4.69) is 91.3 Å². The maximum absolute atomic E-state index is 6.43. The van der Waals surface area contributed by atoms with E-state index in [-0.39, 0.29) is 17.1 Å². The number of nitrogens with zero attached hydrogens (tertiary/aromatic N) is 3. The van der Waals surface area contributed by atoms with E-state index < -0.39 is 16.1 Å². The molecule has 0 fully saturated rings. The van der Waals surface area contributed by atoms with E-state index in [1.54, 1.807) is 0 Å². The van der Waals surface area contributed by atoms with Crippen LogP contribution in [0.5, 0.6) is 0 Å². The van der Waals surface area contributed by atoms with Crippen LogP contribution in [0.15, 0.2) is 52.4 Å². The van der Waals surface area contributed by atoms with Crippen molar-refractivity contribution < 1.29 is 17.1 Å². The number of aryl methyl sites for hydroxylation is 5. The molecule has 41 heavy (non-hydrogen) atoms. The molecule has 1 aromatic heterocycles. The summed E-state index contributed by atoms with van der Waals surface area (Å²) in [5, 5.41) is 0.658. The predicted molar refractivity (Wildman–Crippen MR) is 187 cm³/mol. The second-order valence-corrected chi connectivity index (χ2v) is 23.7. The maximum atomic E-state index is 6.43. The van der Waals surface area contributed by atoms with E-state index >= 15 is 0 Å². The van der Waals surface area contributed by atoms with Crippen LogP contribution < -0.4 is 0 Å². The normalized spacial score (nSPS) is 12.0. The molecule has 3 rings (SSSR count). The van der Waals surface area contributed by atoms with Gasteiger partial charge in [0.15, 0.2) is 0 Å². The fourth-order valence-corrected chi connectivity index (χ4v) is 4.05. The number of hydrogen-bond donors (Lipinski definition) is 0. The zero-order valence-electron chi connectivity index (χ0n) is 27.5. The Hall–Kier alpha value is -1.83. The fraction of sp³-hybridized carbons (Fsp3) is 0.382. The van der Waals surface area contributed by atoms with E-state index in [1.807, 2.05) is 52.0 Å². The standard InChI is InChI=1S/C26H28ClN3.2C4H11Si.Fe/c1-15-11-17(3)25(18(4)12-15)28-20(6)23-9-8-10-24(30-23)21(7)29-26-19(5)13-16(2)14-22(26)27;2*1-5(2,3)4;/h8-14H,1-7H3;2*1H2,2-4H3;/q;2*-1;+2. The first-order valence-electron chi connectivity index (χ1n) is 13.8. The Kier molecular flexibility index (Phi) is 16.0. The third kappa shape index (κ3) is 15.8. The average Bonchev–Trinajstić information content (AvgIpc) is 2.76. The number of halogens is 1. The van der Waals surface area contributed by atoms with Crippen molar-refractivity contribution in [2.24, 2.45) is 9.98 Å². The molecule has 0 bridgehead atoms. The summed E-state index contributed by atoms with van der Waals surface area (Å²) < 4.78 is 0. The second-order valence-electron chi connectivity index (χ2n) is 13.1. The average molecular weight is 648 g/mol. The van der Waals surface area contributed by atoms with Gasteiger partial charge in [-0.05, 0) is 88.9 Å². The van der Waals surface area contributed by atoms with Gasteiger partial charge >= 0.3 is 17.1 Å². The molecular weight excluding hydrogens is 598 g/mol. The van der Waals surface area contributed by atoms with Gasteiger partial charge in [-0.15, -0.1) is 16.1 Å². The summed E-state index contributed by atoms with van der Waals surface area (Å²) in [6.07, 6.45) is 0. The molecule has 0 spiro atoms. The molecular formula is C34H50ClFeN3Si2. The topological polar surface area (TPSA) is 37.6 Å². The van der Waals surface area contributed by atoms with E-state index in [4.69, 9.17) is 26.6 Å². The van der Waals surface area contributed by atoms with Gasteiger partial charge in [-0.25, -0.2) is 9.98 Å². The number of hydrogen-bond acceptors (Lipinski definition) is 3. The second kappa shape index (κ2) is 16.7. The van der Waals surface area contributed by atoms with Crippen molar-refractivity contribution >= 4 is 50.5 Å². The quantitative estimate of drug-likeness (QED) is 0.158. The van der Waals surface area contributed by atoms with Gasteiger partial charge in [0, 0.05) is 0 Å². The monoisotopic (exact) mass is 647 g/mol. The van der Waals surface area contributed by atoms with Crippen molar-refractivity contribution in [1.29, 1.82) is 0 Å². The molecule has 0 amide bonds. The summed E-state index contributed by atoms with van der Waals surface area (Å²) in [7, 11) is -1.72. The Morgan fingerprint density at radius 1 is 0.659 bits per heavy atom. The van der Waals surface area contributed by atoms with Crippen LogP contribution in [0.1, 0.15) is 53.1 Å². The van der Waals surface area contributed by atoms with Gasteiger partial charge in [-0.2, -0.15) is 0 Å². The Morgan fingerprint density at radius 3 is 1.34 bits per heavy atom. The van der Waals surface area contributed by atoms with Crippen LogP contribution in [-0.4, -0.2) is 32.6 Å². The molecule has 0 saturated heterocycles. The van der Waals surface area contributed by atoms with Crippen LogP contribution in [-0.2, 0) is 17.1 Å². The summed E-state index contributed by atoms with van der Waals surface area (Å²) >= 11 is 6.43. The van der Waals surface area contributed by atoms with Crippen molar-refractivity contribution in [3.8, 4) is 0 Å². The minimum Gasteiger partial charge on any atom is -0.342 e. The predicted octanol–water partition coefficient (Wildman–Crippen LogP) is 11.0. The van der Waals surface area contributed by atoms with Gasteiger partial charge in [0.05, 0.1) is 39.2 Å². The van der Waals surface area contributed by atoms with Crippen LogP contribution in [0.25, 0.3) is 0 Å². The molecule has 2 aromatic carbocycles. The fourth-order valence-electron chi connectivity index (χ4n) is 3.69. The van der Waals surface area contributed by atoms with Crippen LogP contribution in [0.4, 0.5) is 11.4 Å². The number of aliphatic imine (C=N–C) groups is 2. The third-order valence-corrected chi connectivity index (χ3v) is 5.37. The van der Waals surface area contributed by atoms with Crippen LogP contribution in [0.2, 0.25) is 44.3 Å². The molecule has 1 heterocycles. The molecule has 0 aliphatic heterocycles. The van der Waals surface area contributed by atoms with Crippen LogP contribution in [0.3, 0.4) is 0 Å². The van der Waals surface area contributed by atoms with Crippen LogP contribution in [0, 0.1) is 47.7 Å². The van der Waals surface area contributed by atoms with Gasteiger partial charge in [-0.3, -0.25) is 4.99 Å². The molecule has 3 aromatic rings. The Morgan fingerprint density at radius 2 is 0.976 bits per heavy atom. The minimum atomic E-state index is -0.861. The number of pyridine rings is 1. The van der Waals surface area contributed by atoms with Gasteiger partial charge in [-0.1, -0.05) is 80.7 Å². The Balaban J connectivity index is 0.00000125. The van der Waals surface area contributed by atoms with Crippen molar-refractivity contribution in [2.45, 2.75) is 87.7 Å². The maximum Gasteiger partial charge on any atom is 2.00 e. The van der Waals surface area contributed by atoms with E-state index in [0.29, 0.717) is 5.02 Å². The molecule has 0 N–H and O–H groups in total. The number of aromatic nitrogens is 1. The zero-order valence-corrected chi connectivity index (χ0v) is 31.4. The molecule has 0 saturated carbocycles. The molecule has 0 aliphatic carbocycles. The Bertz CT molecular complexity index is 1210. The largest absolute Gasteiger partial charge is 2.00 e. The number of benzene rings is 2.